The zero-order valence-electron chi connectivity index (χ0n) is 32.4. The zero-order chi connectivity index (χ0) is 35.6. The van der Waals surface area contributed by atoms with Crippen LogP contribution in [0.4, 0.5) is 0 Å². The van der Waals surface area contributed by atoms with Gasteiger partial charge < -0.3 is 9.72 Å². The van der Waals surface area contributed by atoms with Crippen LogP contribution >= 0.6 is 0 Å². The Morgan fingerprint density at radius 2 is 0.918 bits per heavy atom. The number of imide groups is 1. The normalized spacial score (nSPS) is 11.9. The zero-order valence-corrected chi connectivity index (χ0v) is 32.4. The number of aromatic nitrogens is 2. The van der Waals surface area contributed by atoms with Gasteiger partial charge in [-0.3, -0.25) is 14.5 Å². The highest BCUT2D eigenvalue weighted by atomic mass is 16.5. The lowest BCUT2D eigenvalue weighted by atomic mass is 10.0. The maximum atomic E-state index is 13.6. The SMILES string of the molecule is CCCCCCCCCCCCCCCCCC(=O)N(C(=O)CCCCCCCCCCCCCCC)[C@@H](Cc1cnc[nH]1)C(=O)OCC. The fourth-order valence-corrected chi connectivity index (χ4v) is 6.79. The first-order chi connectivity index (χ1) is 24.0. The second-order valence-corrected chi connectivity index (χ2v) is 14.4. The van der Waals surface area contributed by atoms with Crippen LogP contribution in [-0.2, 0) is 25.5 Å². The summed E-state index contributed by atoms with van der Waals surface area (Å²) in [6, 6.07) is -0.973. The van der Waals surface area contributed by atoms with Gasteiger partial charge in [-0.2, -0.15) is 0 Å². The molecule has 0 aliphatic rings. The van der Waals surface area contributed by atoms with Gasteiger partial charge in [-0.1, -0.05) is 181 Å². The number of rotatable bonds is 35. The molecule has 0 aliphatic heterocycles. The molecule has 1 rings (SSSR count). The number of ether oxygens (including phenoxy) is 1. The Morgan fingerprint density at radius 1 is 0.571 bits per heavy atom. The Hall–Kier alpha value is -2.18. The average molecular weight is 688 g/mol. The van der Waals surface area contributed by atoms with Crippen LogP contribution in [0.15, 0.2) is 12.5 Å². The molecule has 49 heavy (non-hydrogen) atoms. The van der Waals surface area contributed by atoms with Gasteiger partial charge >= 0.3 is 5.97 Å². The van der Waals surface area contributed by atoms with Gasteiger partial charge in [-0.15, -0.1) is 0 Å². The molecular weight excluding hydrogens is 610 g/mol. The second kappa shape index (κ2) is 33.0. The average Bonchev–Trinajstić information content (AvgIpc) is 3.61. The summed E-state index contributed by atoms with van der Waals surface area (Å²) in [4.78, 5) is 48.7. The van der Waals surface area contributed by atoms with Crippen molar-refractivity contribution < 1.29 is 19.1 Å². The Kier molecular flexibility index (Phi) is 30.2. The van der Waals surface area contributed by atoms with E-state index >= 15 is 0 Å². The fourth-order valence-electron chi connectivity index (χ4n) is 6.79. The maximum Gasteiger partial charge on any atom is 0.329 e. The van der Waals surface area contributed by atoms with Gasteiger partial charge in [0.05, 0.1) is 12.9 Å². The summed E-state index contributed by atoms with van der Waals surface area (Å²) in [6.07, 6.45) is 38.8. The third kappa shape index (κ3) is 24.6. The Labute approximate surface area is 301 Å². The molecule has 1 aromatic rings. The lowest BCUT2D eigenvalue weighted by Crippen LogP contribution is -2.50. The number of hydrogen-bond donors (Lipinski definition) is 1. The van der Waals surface area contributed by atoms with E-state index in [4.69, 9.17) is 4.74 Å². The standard InChI is InChI=1S/C42H77N3O4/c1-4-7-9-11-13-15-17-19-20-22-24-26-28-30-32-34-41(47)45(39(42(48)49-6-3)35-38-36-43-37-44-38)40(46)33-31-29-27-25-23-21-18-16-14-12-10-8-5-2/h36-37,39H,4-35H2,1-3H3,(H,43,44)/t39-/m0/s1. The number of carbonyl (C=O) groups excluding carboxylic acids is 3. The molecule has 0 fully saturated rings. The minimum atomic E-state index is -0.973. The number of unbranched alkanes of at least 4 members (excludes halogenated alkanes) is 26. The minimum Gasteiger partial charge on any atom is -0.464 e. The monoisotopic (exact) mass is 688 g/mol. The van der Waals surface area contributed by atoms with Crippen molar-refractivity contribution in [3.8, 4) is 0 Å². The molecule has 0 aromatic carbocycles. The van der Waals surface area contributed by atoms with E-state index in [1.165, 1.54) is 146 Å². The van der Waals surface area contributed by atoms with Crippen molar-refractivity contribution in [2.45, 2.75) is 226 Å². The van der Waals surface area contributed by atoms with Crippen LogP contribution in [0, 0.1) is 0 Å². The summed E-state index contributed by atoms with van der Waals surface area (Å²) in [5.74, 6) is -1.04. The molecule has 7 heteroatoms. The van der Waals surface area contributed by atoms with Crippen molar-refractivity contribution in [2.75, 3.05) is 6.61 Å². The molecule has 0 radical (unpaired) electrons. The lowest BCUT2D eigenvalue weighted by molar-refractivity contribution is -0.161. The number of H-pyrrole nitrogens is 1. The summed E-state index contributed by atoms with van der Waals surface area (Å²) in [6.45, 7) is 6.48. The second-order valence-electron chi connectivity index (χ2n) is 14.4. The van der Waals surface area contributed by atoms with Crippen LogP contribution in [0.25, 0.3) is 0 Å². The quantitative estimate of drug-likeness (QED) is 0.0566. The van der Waals surface area contributed by atoms with E-state index in [0.717, 1.165) is 38.5 Å². The van der Waals surface area contributed by atoms with Crippen LogP contribution < -0.4 is 0 Å². The highest BCUT2D eigenvalue weighted by Crippen LogP contribution is 2.19. The molecule has 2 amide bonds. The number of nitrogens with one attached hydrogen (secondary N) is 1. The number of carbonyl (C=O) groups is 3. The molecule has 0 saturated carbocycles. The van der Waals surface area contributed by atoms with Crippen molar-refractivity contribution in [2.24, 2.45) is 0 Å². The summed E-state index contributed by atoms with van der Waals surface area (Å²) in [5, 5.41) is 0. The molecule has 0 bridgehead atoms. The molecule has 0 unspecified atom stereocenters. The topological polar surface area (TPSA) is 92.4 Å². The van der Waals surface area contributed by atoms with Crippen molar-refractivity contribution in [3.63, 3.8) is 0 Å². The van der Waals surface area contributed by atoms with Crippen molar-refractivity contribution in [1.29, 1.82) is 0 Å². The van der Waals surface area contributed by atoms with Crippen LogP contribution in [-0.4, -0.2) is 45.3 Å². The van der Waals surface area contributed by atoms with Crippen molar-refractivity contribution >= 4 is 17.8 Å². The Balaban J connectivity index is 2.44. The van der Waals surface area contributed by atoms with E-state index in [9.17, 15) is 14.4 Å². The first-order valence-electron chi connectivity index (χ1n) is 21.0. The molecule has 284 valence electrons. The molecule has 0 spiro atoms. The molecule has 1 atom stereocenters. The van der Waals surface area contributed by atoms with Crippen LogP contribution in [0.2, 0.25) is 0 Å². The molecule has 1 aromatic heterocycles. The Bertz CT molecular complexity index is 904. The van der Waals surface area contributed by atoms with E-state index in [-0.39, 0.29) is 37.7 Å². The van der Waals surface area contributed by atoms with Gasteiger partial charge in [0.1, 0.15) is 6.04 Å². The van der Waals surface area contributed by atoms with E-state index in [0.29, 0.717) is 5.69 Å². The smallest absolute Gasteiger partial charge is 0.329 e. The Morgan fingerprint density at radius 3 is 1.22 bits per heavy atom. The van der Waals surface area contributed by atoms with Crippen LogP contribution in [0.1, 0.15) is 219 Å². The van der Waals surface area contributed by atoms with Crippen LogP contribution in [0.5, 0.6) is 0 Å². The van der Waals surface area contributed by atoms with E-state index in [2.05, 4.69) is 23.8 Å². The molecule has 0 saturated heterocycles. The third-order valence-electron chi connectivity index (χ3n) is 9.86. The number of hydrogen-bond acceptors (Lipinski definition) is 5. The van der Waals surface area contributed by atoms with Gasteiger partial charge in [0, 0.05) is 31.2 Å². The highest BCUT2D eigenvalue weighted by molar-refractivity contribution is 5.99. The van der Waals surface area contributed by atoms with Gasteiger partial charge in [0.25, 0.3) is 0 Å². The number of imidazole rings is 1. The summed E-state index contributed by atoms with van der Waals surface area (Å²) < 4.78 is 5.37. The number of amides is 2. The number of nitrogens with zero attached hydrogens (tertiary/aromatic N) is 2. The molecule has 1 N–H and O–H groups in total. The number of esters is 1. The summed E-state index contributed by atoms with van der Waals surface area (Å²) in [7, 11) is 0. The largest absolute Gasteiger partial charge is 0.464 e. The molecular formula is C42H77N3O4. The first-order valence-corrected chi connectivity index (χ1v) is 21.0. The van der Waals surface area contributed by atoms with E-state index < -0.39 is 12.0 Å². The first kappa shape index (κ1) is 44.8. The fraction of sp³-hybridized carbons (Fsp3) is 0.857. The molecule has 0 aliphatic carbocycles. The van der Waals surface area contributed by atoms with Crippen molar-refractivity contribution in [3.05, 3.63) is 18.2 Å². The summed E-state index contributed by atoms with van der Waals surface area (Å²) in [5.41, 5.74) is 0.705. The molecule has 7 nitrogen and oxygen atoms in total. The lowest BCUT2D eigenvalue weighted by Gasteiger charge is -2.28. The highest BCUT2D eigenvalue weighted by Gasteiger charge is 2.35. The summed E-state index contributed by atoms with van der Waals surface area (Å²) >= 11 is 0. The van der Waals surface area contributed by atoms with E-state index in [1.54, 1.807) is 19.4 Å². The van der Waals surface area contributed by atoms with Gasteiger partial charge in [0.2, 0.25) is 11.8 Å². The van der Waals surface area contributed by atoms with Crippen LogP contribution in [0.3, 0.4) is 0 Å². The molecule has 1 heterocycles. The number of aromatic amines is 1. The maximum absolute atomic E-state index is 13.6. The van der Waals surface area contributed by atoms with Gasteiger partial charge in [-0.25, -0.2) is 9.78 Å². The minimum absolute atomic E-state index is 0.188. The van der Waals surface area contributed by atoms with E-state index in [1.807, 2.05) is 0 Å². The van der Waals surface area contributed by atoms with Crippen molar-refractivity contribution in [1.82, 2.24) is 14.9 Å². The van der Waals surface area contributed by atoms with Gasteiger partial charge in [-0.05, 0) is 19.8 Å². The predicted octanol–water partition coefficient (Wildman–Crippen LogP) is 12.0. The predicted molar refractivity (Wildman–Crippen MR) is 204 cm³/mol. The third-order valence-corrected chi connectivity index (χ3v) is 9.86. The van der Waals surface area contributed by atoms with Gasteiger partial charge in [0.15, 0.2) is 0 Å².